The first-order chi connectivity index (χ1) is 18.6. The molecular weight excluding hydrogens is 492 g/mol. The molecule has 2 aliphatic heterocycles. The van der Waals surface area contributed by atoms with E-state index in [2.05, 4.69) is 25.9 Å². The number of hydrogen-bond donors (Lipinski definition) is 3. The summed E-state index contributed by atoms with van der Waals surface area (Å²) in [5.74, 6) is -0.672. The third-order valence-electron chi connectivity index (χ3n) is 6.66. The third kappa shape index (κ3) is 6.36. The van der Waals surface area contributed by atoms with Gasteiger partial charge in [0.25, 0.3) is 5.91 Å². The molecular formula is C28H31F2N5O3. The zero-order chi connectivity index (χ0) is 26.3. The highest BCUT2D eigenvalue weighted by Crippen LogP contribution is 2.30. The zero-order valence-corrected chi connectivity index (χ0v) is 21.1. The third-order valence-corrected chi connectivity index (χ3v) is 6.66. The molecule has 0 unspecified atom stereocenters. The molecule has 8 nitrogen and oxygen atoms in total. The number of rotatable bonds is 2. The number of nitrogens with zero attached hydrogens (tertiary/aromatic N) is 2. The Hall–Kier alpha value is -3.79. The van der Waals surface area contributed by atoms with Gasteiger partial charge in [-0.2, -0.15) is 0 Å². The van der Waals surface area contributed by atoms with Gasteiger partial charge in [-0.3, -0.25) is 4.79 Å². The van der Waals surface area contributed by atoms with Crippen LogP contribution in [0.5, 0.6) is 11.5 Å². The molecule has 3 N–H and O–H groups in total. The molecule has 1 fully saturated rings. The Morgan fingerprint density at radius 2 is 1.68 bits per heavy atom. The summed E-state index contributed by atoms with van der Waals surface area (Å²) < 4.78 is 40.7. The highest BCUT2D eigenvalue weighted by molar-refractivity contribution is 5.97. The summed E-state index contributed by atoms with van der Waals surface area (Å²) in [6.45, 7) is 2.53. The van der Waals surface area contributed by atoms with Gasteiger partial charge in [-0.05, 0) is 81.9 Å². The van der Waals surface area contributed by atoms with Crippen molar-refractivity contribution in [1.29, 1.82) is 0 Å². The SMILES string of the molecule is O=C(NC1CCNCC1)c1ccc2cc1OCCCCCCOc1cc(ccc1F)-c1nc(ncc1F)N2. The predicted molar refractivity (Wildman–Crippen MR) is 140 cm³/mol. The van der Waals surface area contributed by atoms with Crippen LogP contribution >= 0.6 is 0 Å². The average molecular weight is 524 g/mol. The van der Waals surface area contributed by atoms with Gasteiger partial charge in [0.15, 0.2) is 17.4 Å². The molecule has 10 heteroatoms. The van der Waals surface area contributed by atoms with Crippen LogP contribution in [0.25, 0.3) is 11.3 Å². The highest BCUT2D eigenvalue weighted by atomic mass is 19.1. The van der Waals surface area contributed by atoms with E-state index >= 15 is 0 Å². The minimum absolute atomic E-state index is 0.0166. The monoisotopic (exact) mass is 523 g/mol. The number of aromatic nitrogens is 2. The van der Waals surface area contributed by atoms with Crippen LogP contribution in [-0.4, -0.2) is 48.2 Å². The summed E-state index contributed by atoms with van der Waals surface area (Å²) in [4.78, 5) is 21.5. The van der Waals surface area contributed by atoms with Crippen LogP contribution in [-0.2, 0) is 0 Å². The van der Waals surface area contributed by atoms with E-state index in [1.54, 1.807) is 18.2 Å². The first-order valence-corrected chi connectivity index (χ1v) is 13.1. The number of carbonyl (C=O) groups excluding carboxylic acids is 1. The second kappa shape index (κ2) is 12.2. The summed E-state index contributed by atoms with van der Waals surface area (Å²) >= 11 is 0. The molecule has 0 saturated carbocycles. The molecule has 0 atom stereocenters. The molecule has 38 heavy (non-hydrogen) atoms. The van der Waals surface area contributed by atoms with Gasteiger partial charge in [-0.1, -0.05) is 0 Å². The molecule has 2 aliphatic rings. The van der Waals surface area contributed by atoms with Gasteiger partial charge in [-0.25, -0.2) is 18.7 Å². The van der Waals surface area contributed by atoms with E-state index in [1.165, 1.54) is 18.2 Å². The lowest BCUT2D eigenvalue weighted by Gasteiger charge is -2.24. The van der Waals surface area contributed by atoms with E-state index in [0.29, 0.717) is 35.8 Å². The fourth-order valence-corrected chi connectivity index (χ4v) is 4.58. The van der Waals surface area contributed by atoms with E-state index in [9.17, 15) is 13.6 Å². The van der Waals surface area contributed by atoms with E-state index in [-0.39, 0.29) is 29.3 Å². The maximum absolute atomic E-state index is 14.7. The normalized spacial score (nSPS) is 16.7. The number of nitrogens with one attached hydrogen (secondary N) is 3. The Morgan fingerprint density at radius 3 is 2.47 bits per heavy atom. The second-order valence-electron chi connectivity index (χ2n) is 9.48. The molecule has 0 radical (unpaired) electrons. The van der Waals surface area contributed by atoms with Crippen molar-refractivity contribution in [3.63, 3.8) is 0 Å². The number of ether oxygens (including phenoxy) is 2. The average Bonchev–Trinajstić information content (AvgIpc) is 2.92. The maximum atomic E-state index is 14.7. The number of piperidine rings is 1. The Kier molecular flexibility index (Phi) is 8.28. The fourth-order valence-electron chi connectivity index (χ4n) is 4.58. The summed E-state index contributed by atoms with van der Waals surface area (Å²) in [5, 5.41) is 9.48. The smallest absolute Gasteiger partial charge is 0.255 e. The van der Waals surface area contributed by atoms with Crippen molar-refractivity contribution in [1.82, 2.24) is 20.6 Å². The molecule has 6 bridgehead atoms. The van der Waals surface area contributed by atoms with Crippen LogP contribution in [0.2, 0.25) is 0 Å². The van der Waals surface area contributed by atoms with Gasteiger partial charge in [0.2, 0.25) is 5.95 Å². The van der Waals surface area contributed by atoms with Crippen molar-refractivity contribution in [3.05, 3.63) is 59.8 Å². The molecule has 1 amide bonds. The van der Waals surface area contributed by atoms with Gasteiger partial charge in [0.1, 0.15) is 11.4 Å². The van der Waals surface area contributed by atoms with Crippen molar-refractivity contribution in [2.75, 3.05) is 31.6 Å². The summed E-state index contributed by atoms with van der Waals surface area (Å²) in [7, 11) is 0. The molecule has 2 aromatic carbocycles. The van der Waals surface area contributed by atoms with Crippen molar-refractivity contribution < 1.29 is 23.0 Å². The number of hydrogen-bond acceptors (Lipinski definition) is 7. The van der Waals surface area contributed by atoms with Crippen LogP contribution in [0.4, 0.5) is 20.4 Å². The number of amides is 1. The quantitative estimate of drug-likeness (QED) is 0.436. The van der Waals surface area contributed by atoms with Gasteiger partial charge in [0.05, 0.1) is 25.0 Å². The van der Waals surface area contributed by atoms with E-state index in [1.807, 2.05) is 0 Å². The summed E-state index contributed by atoms with van der Waals surface area (Å²) in [6, 6.07) is 9.45. The first-order valence-electron chi connectivity index (χ1n) is 13.1. The number of fused-ring (bicyclic) bond motifs is 7. The van der Waals surface area contributed by atoms with Gasteiger partial charge < -0.3 is 25.4 Å². The number of halogens is 2. The zero-order valence-electron chi connectivity index (χ0n) is 21.1. The number of carbonyl (C=O) groups is 1. The lowest BCUT2D eigenvalue weighted by atomic mass is 10.1. The molecule has 0 spiro atoms. The Bertz CT molecular complexity index is 1280. The lowest BCUT2D eigenvalue weighted by molar-refractivity contribution is 0.0925. The maximum Gasteiger partial charge on any atom is 0.255 e. The van der Waals surface area contributed by atoms with Crippen molar-refractivity contribution in [3.8, 4) is 22.8 Å². The number of anilines is 2. The predicted octanol–water partition coefficient (Wildman–Crippen LogP) is 4.98. The van der Waals surface area contributed by atoms with Gasteiger partial charge in [0, 0.05) is 23.4 Å². The van der Waals surface area contributed by atoms with Crippen LogP contribution in [0.1, 0.15) is 48.9 Å². The van der Waals surface area contributed by atoms with E-state index < -0.39 is 11.6 Å². The van der Waals surface area contributed by atoms with Crippen LogP contribution in [0.3, 0.4) is 0 Å². The molecule has 1 aromatic heterocycles. The Morgan fingerprint density at radius 1 is 0.921 bits per heavy atom. The Labute approximate surface area is 220 Å². The topological polar surface area (TPSA) is 97.4 Å². The van der Waals surface area contributed by atoms with E-state index in [4.69, 9.17) is 9.47 Å². The van der Waals surface area contributed by atoms with Gasteiger partial charge in [-0.15, -0.1) is 0 Å². The largest absolute Gasteiger partial charge is 0.493 e. The van der Waals surface area contributed by atoms with Gasteiger partial charge >= 0.3 is 0 Å². The second-order valence-corrected chi connectivity index (χ2v) is 9.48. The highest BCUT2D eigenvalue weighted by Gasteiger charge is 2.20. The molecule has 5 rings (SSSR count). The molecule has 3 heterocycles. The molecule has 1 saturated heterocycles. The molecule has 3 aromatic rings. The van der Waals surface area contributed by atoms with E-state index in [0.717, 1.165) is 57.8 Å². The minimum atomic E-state index is -0.642. The minimum Gasteiger partial charge on any atom is -0.493 e. The standard InChI is InChI=1S/C28H31F2N5O3/c29-22-8-5-18-15-25(22)38-14-4-2-1-3-13-37-24-16-20(34-28-32-17-23(30)26(18)35-28)6-7-21(24)27(36)33-19-9-11-31-12-10-19/h5-8,15-17,19,31H,1-4,9-14H2,(H,33,36)(H,32,34,35). The molecule has 200 valence electrons. The summed E-state index contributed by atoms with van der Waals surface area (Å²) in [5.41, 5.74) is 1.43. The van der Waals surface area contributed by atoms with Crippen LogP contribution < -0.4 is 25.4 Å². The fraction of sp³-hybridized carbons (Fsp3) is 0.393. The van der Waals surface area contributed by atoms with Crippen molar-refractivity contribution in [2.24, 2.45) is 0 Å². The van der Waals surface area contributed by atoms with Crippen LogP contribution in [0, 0.1) is 11.6 Å². The summed E-state index contributed by atoms with van der Waals surface area (Å²) in [6.07, 6.45) is 6.12. The van der Waals surface area contributed by atoms with Crippen molar-refractivity contribution >= 4 is 17.5 Å². The Balaban J connectivity index is 1.44. The number of benzene rings is 2. The molecule has 0 aliphatic carbocycles. The lowest BCUT2D eigenvalue weighted by Crippen LogP contribution is -2.42. The van der Waals surface area contributed by atoms with Crippen LogP contribution in [0.15, 0.2) is 42.6 Å². The first kappa shape index (κ1) is 25.8. The van der Waals surface area contributed by atoms with Crippen molar-refractivity contribution in [2.45, 2.75) is 44.6 Å².